The van der Waals surface area contributed by atoms with Gasteiger partial charge < -0.3 is 14.9 Å². The fourth-order valence-electron chi connectivity index (χ4n) is 4.08. The van der Waals surface area contributed by atoms with E-state index in [-0.39, 0.29) is 5.91 Å². The van der Waals surface area contributed by atoms with Gasteiger partial charge in [-0.3, -0.25) is 4.79 Å². The van der Waals surface area contributed by atoms with Crippen LogP contribution >= 0.6 is 0 Å². The highest BCUT2D eigenvalue weighted by Gasteiger charge is 2.37. The highest BCUT2D eigenvalue weighted by Crippen LogP contribution is 2.25. The Bertz CT molecular complexity index is 595. The molecule has 0 saturated carbocycles. The van der Waals surface area contributed by atoms with E-state index in [1.165, 1.54) is 24.0 Å². The van der Waals surface area contributed by atoms with E-state index in [4.69, 9.17) is 0 Å². The third-order valence-electron chi connectivity index (χ3n) is 5.47. The number of carbonyl (C=O) groups excluding carboxylic acids is 1. The first-order valence-electron chi connectivity index (χ1n) is 9.24. The average molecular weight is 330 g/mol. The molecule has 24 heavy (non-hydrogen) atoms. The highest BCUT2D eigenvalue weighted by molar-refractivity contribution is 5.79. The molecule has 0 aliphatic carbocycles. The van der Waals surface area contributed by atoms with Crippen molar-refractivity contribution in [2.24, 2.45) is 0 Å². The summed E-state index contributed by atoms with van der Waals surface area (Å²) in [6.07, 6.45) is 4.59. The second-order valence-electron chi connectivity index (χ2n) is 7.73. The molecule has 1 N–H and O–H groups in total. The molecule has 1 aromatic carbocycles. The van der Waals surface area contributed by atoms with Gasteiger partial charge in [-0.2, -0.15) is 0 Å². The quantitative estimate of drug-likeness (QED) is 0.921. The summed E-state index contributed by atoms with van der Waals surface area (Å²) in [5.74, 6) is 0.142. The number of aliphatic hydroxyl groups is 1. The number of likely N-dealkylation sites (tertiary alicyclic amines) is 2. The molecule has 0 spiro atoms. The van der Waals surface area contributed by atoms with Crippen LogP contribution in [-0.4, -0.2) is 59.1 Å². The van der Waals surface area contributed by atoms with E-state index >= 15 is 0 Å². The molecule has 132 valence electrons. The van der Waals surface area contributed by atoms with Gasteiger partial charge in [0.25, 0.3) is 0 Å². The van der Waals surface area contributed by atoms with Crippen molar-refractivity contribution in [3.05, 3.63) is 34.9 Å². The second kappa shape index (κ2) is 7.24. The van der Waals surface area contributed by atoms with Crippen molar-refractivity contribution in [3.8, 4) is 0 Å². The number of carbonyl (C=O) groups is 1. The Morgan fingerprint density at radius 3 is 2.67 bits per heavy atom. The third kappa shape index (κ3) is 4.17. The predicted octanol–water partition coefficient (Wildman–Crippen LogP) is 2.30. The maximum absolute atomic E-state index is 12.8. The van der Waals surface area contributed by atoms with E-state index in [1.807, 2.05) is 4.90 Å². The van der Waals surface area contributed by atoms with Crippen LogP contribution in [0.2, 0.25) is 0 Å². The molecule has 2 heterocycles. The zero-order chi connectivity index (χ0) is 17.2. The Morgan fingerprint density at radius 2 is 1.92 bits per heavy atom. The van der Waals surface area contributed by atoms with Gasteiger partial charge >= 0.3 is 0 Å². The van der Waals surface area contributed by atoms with Gasteiger partial charge in [0.1, 0.15) is 0 Å². The van der Waals surface area contributed by atoms with Crippen LogP contribution in [0.15, 0.2) is 18.2 Å². The smallest absolute Gasteiger partial charge is 0.227 e. The largest absolute Gasteiger partial charge is 0.387 e. The minimum absolute atomic E-state index is 0.142. The van der Waals surface area contributed by atoms with Crippen LogP contribution in [0.1, 0.15) is 42.4 Å². The predicted molar refractivity (Wildman–Crippen MR) is 96.1 cm³/mol. The van der Waals surface area contributed by atoms with Gasteiger partial charge in [-0.15, -0.1) is 0 Å². The molecular weight excluding hydrogens is 300 g/mol. The molecule has 1 atom stereocenters. The normalized spacial score (nSPS) is 25.2. The van der Waals surface area contributed by atoms with Crippen molar-refractivity contribution in [3.63, 3.8) is 0 Å². The van der Waals surface area contributed by atoms with E-state index < -0.39 is 5.60 Å². The molecule has 0 unspecified atom stereocenters. The second-order valence-corrected chi connectivity index (χ2v) is 7.73. The Kier molecular flexibility index (Phi) is 5.26. The Morgan fingerprint density at radius 1 is 1.17 bits per heavy atom. The van der Waals surface area contributed by atoms with Crippen LogP contribution in [0.4, 0.5) is 0 Å². The molecule has 4 nitrogen and oxygen atoms in total. The number of β-amino-alcohol motifs (C(OH)–C–C–N with tert-alkyl or cyclic N) is 1. The first-order valence-corrected chi connectivity index (χ1v) is 9.24. The molecule has 2 aliphatic heterocycles. The highest BCUT2D eigenvalue weighted by atomic mass is 16.3. The fraction of sp³-hybridized carbons (Fsp3) is 0.650. The lowest BCUT2D eigenvalue weighted by atomic mass is 9.91. The third-order valence-corrected chi connectivity index (χ3v) is 5.47. The Hall–Kier alpha value is -1.39. The van der Waals surface area contributed by atoms with Crippen LogP contribution < -0.4 is 0 Å². The summed E-state index contributed by atoms with van der Waals surface area (Å²) in [5, 5.41) is 11.0. The van der Waals surface area contributed by atoms with Crippen LogP contribution in [0, 0.1) is 13.8 Å². The van der Waals surface area contributed by atoms with Gasteiger partial charge in [-0.25, -0.2) is 0 Å². The fourth-order valence-corrected chi connectivity index (χ4v) is 4.08. The number of rotatable bonds is 4. The first-order chi connectivity index (χ1) is 11.5. The standard InChI is InChI=1S/C20H30N2O2/c1-16-6-7-17(2)18(12-16)13-19(23)22-11-5-8-20(24,15-22)14-21-9-3-4-10-21/h6-7,12,24H,3-5,8-11,13-15H2,1-2H3/t20-/m0/s1. The van der Waals surface area contributed by atoms with Crippen LogP contribution in [0.5, 0.6) is 0 Å². The molecule has 0 radical (unpaired) electrons. The van der Waals surface area contributed by atoms with Gasteiger partial charge in [0.05, 0.1) is 18.6 Å². The van der Waals surface area contributed by atoms with E-state index in [9.17, 15) is 9.90 Å². The lowest BCUT2D eigenvalue weighted by molar-refractivity contribution is -0.138. The van der Waals surface area contributed by atoms with E-state index in [0.717, 1.165) is 38.0 Å². The molecule has 4 heteroatoms. The van der Waals surface area contributed by atoms with Crippen LogP contribution in [0.3, 0.4) is 0 Å². The topological polar surface area (TPSA) is 43.8 Å². The maximum atomic E-state index is 12.8. The summed E-state index contributed by atoms with van der Waals surface area (Å²) in [5.41, 5.74) is 2.72. The molecule has 2 aliphatic rings. The minimum Gasteiger partial charge on any atom is -0.387 e. The van der Waals surface area contributed by atoms with Gasteiger partial charge in [0.15, 0.2) is 0 Å². The lowest BCUT2D eigenvalue weighted by Crippen LogP contribution is -2.55. The van der Waals surface area contributed by atoms with Crippen LogP contribution in [0.25, 0.3) is 0 Å². The summed E-state index contributed by atoms with van der Waals surface area (Å²) < 4.78 is 0. The number of hydrogen-bond acceptors (Lipinski definition) is 3. The van der Waals surface area contributed by atoms with Gasteiger partial charge in [0, 0.05) is 13.1 Å². The number of amides is 1. The summed E-state index contributed by atoms with van der Waals surface area (Å²) >= 11 is 0. The number of piperidine rings is 1. The minimum atomic E-state index is -0.736. The average Bonchev–Trinajstić information content (AvgIpc) is 3.03. The van der Waals surface area contributed by atoms with Crippen LogP contribution in [-0.2, 0) is 11.2 Å². The summed E-state index contributed by atoms with van der Waals surface area (Å²) in [6.45, 7) is 8.24. The van der Waals surface area contributed by atoms with Crippen molar-refractivity contribution >= 4 is 5.91 Å². The van der Waals surface area contributed by atoms with Gasteiger partial charge in [0.2, 0.25) is 5.91 Å². The zero-order valence-electron chi connectivity index (χ0n) is 15.1. The zero-order valence-corrected chi connectivity index (χ0v) is 15.1. The van der Waals surface area contributed by atoms with Gasteiger partial charge in [-0.1, -0.05) is 23.8 Å². The number of aryl methyl sites for hydroxylation is 2. The molecule has 1 aromatic rings. The van der Waals surface area contributed by atoms with Crippen molar-refractivity contribution in [1.82, 2.24) is 9.80 Å². The summed E-state index contributed by atoms with van der Waals surface area (Å²) in [4.78, 5) is 17.0. The SMILES string of the molecule is Cc1ccc(C)c(CC(=O)N2CCC[C@](O)(CN3CCCC3)C2)c1. The monoisotopic (exact) mass is 330 g/mol. The molecular formula is C20H30N2O2. The summed E-state index contributed by atoms with van der Waals surface area (Å²) in [6, 6.07) is 6.27. The number of nitrogens with zero attached hydrogens (tertiary/aromatic N) is 2. The molecule has 1 amide bonds. The lowest BCUT2D eigenvalue weighted by Gasteiger charge is -2.41. The van der Waals surface area contributed by atoms with E-state index in [2.05, 4.69) is 36.9 Å². The number of benzene rings is 1. The molecule has 0 bridgehead atoms. The molecule has 3 rings (SSSR count). The first kappa shape index (κ1) is 17.4. The molecule has 2 fully saturated rings. The van der Waals surface area contributed by atoms with E-state index in [1.54, 1.807) is 0 Å². The van der Waals surface area contributed by atoms with Crippen molar-refractivity contribution in [2.75, 3.05) is 32.7 Å². The molecule has 2 saturated heterocycles. The molecule has 0 aromatic heterocycles. The van der Waals surface area contributed by atoms with Gasteiger partial charge in [-0.05, 0) is 63.7 Å². The summed E-state index contributed by atoms with van der Waals surface area (Å²) in [7, 11) is 0. The Labute approximate surface area is 145 Å². The Balaban J connectivity index is 1.63. The van der Waals surface area contributed by atoms with Crippen molar-refractivity contribution in [1.29, 1.82) is 0 Å². The maximum Gasteiger partial charge on any atom is 0.227 e. The van der Waals surface area contributed by atoms with Crippen molar-refractivity contribution < 1.29 is 9.90 Å². The van der Waals surface area contributed by atoms with E-state index in [0.29, 0.717) is 19.5 Å². The number of hydrogen-bond donors (Lipinski definition) is 1. The van der Waals surface area contributed by atoms with Crippen molar-refractivity contribution in [2.45, 2.75) is 51.6 Å².